The summed E-state index contributed by atoms with van der Waals surface area (Å²) in [6.45, 7) is 3.60. The van der Waals surface area contributed by atoms with Crippen molar-refractivity contribution in [3.63, 3.8) is 0 Å². The van der Waals surface area contributed by atoms with Crippen molar-refractivity contribution in [1.29, 1.82) is 5.26 Å². The Morgan fingerprint density at radius 3 is 2.79 bits per heavy atom. The first-order chi connectivity index (χ1) is 6.86. The minimum Gasteiger partial charge on any atom is -0.311 e. The molecule has 1 aromatic heterocycles. The lowest BCUT2D eigenvalue weighted by Gasteiger charge is -2.07. The summed E-state index contributed by atoms with van der Waals surface area (Å²) in [6.07, 6.45) is 4.46. The van der Waals surface area contributed by atoms with E-state index in [2.05, 4.69) is 16.4 Å². The minimum atomic E-state index is 0.122. The molecule has 0 aliphatic rings. The zero-order valence-electron chi connectivity index (χ0n) is 8.40. The quantitative estimate of drug-likeness (QED) is 0.767. The van der Waals surface area contributed by atoms with Crippen LogP contribution >= 0.6 is 0 Å². The third-order valence-corrected chi connectivity index (χ3v) is 2.14. The van der Waals surface area contributed by atoms with Gasteiger partial charge in [0.2, 0.25) is 0 Å². The molecule has 3 heteroatoms. The smallest absolute Gasteiger partial charge is 0.0669 e. The summed E-state index contributed by atoms with van der Waals surface area (Å²) < 4.78 is 0. The molecular weight excluding hydrogens is 174 g/mol. The van der Waals surface area contributed by atoms with Gasteiger partial charge in [0.25, 0.3) is 0 Å². The first-order valence-corrected chi connectivity index (χ1v) is 4.86. The highest BCUT2D eigenvalue weighted by Crippen LogP contribution is 1.99. The Kier molecular flexibility index (Phi) is 4.66. The molecule has 1 unspecified atom stereocenters. The van der Waals surface area contributed by atoms with Gasteiger partial charge >= 0.3 is 0 Å². The van der Waals surface area contributed by atoms with Gasteiger partial charge in [-0.05, 0) is 24.1 Å². The maximum Gasteiger partial charge on any atom is 0.0669 e. The van der Waals surface area contributed by atoms with E-state index in [0.29, 0.717) is 0 Å². The van der Waals surface area contributed by atoms with E-state index < -0.39 is 0 Å². The van der Waals surface area contributed by atoms with E-state index in [1.807, 2.05) is 19.1 Å². The van der Waals surface area contributed by atoms with Gasteiger partial charge in [-0.15, -0.1) is 0 Å². The maximum absolute atomic E-state index is 8.72. The lowest BCUT2D eigenvalue weighted by molar-refractivity contribution is 0.553. The van der Waals surface area contributed by atoms with Crippen LogP contribution in [-0.4, -0.2) is 11.5 Å². The molecule has 0 bridgehead atoms. The average molecular weight is 189 g/mol. The Morgan fingerprint density at radius 2 is 2.21 bits per heavy atom. The molecule has 74 valence electrons. The highest BCUT2D eigenvalue weighted by Gasteiger charge is 2.02. The molecule has 0 radical (unpaired) electrons. The normalized spacial score (nSPS) is 12.0. The Bertz CT molecular complexity index is 289. The van der Waals surface area contributed by atoms with Crippen LogP contribution in [0.15, 0.2) is 24.5 Å². The van der Waals surface area contributed by atoms with Gasteiger partial charge in [-0.25, -0.2) is 0 Å². The summed E-state index contributed by atoms with van der Waals surface area (Å²) >= 11 is 0. The number of aromatic nitrogens is 1. The Hall–Kier alpha value is -1.40. The molecule has 1 aromatic rings. The van der Waals surface area contributed by atoms with E-state index in [0.717, 1.165) is 19.5 Å². The van der Waals surface area contributed by atoms with Gasteiger partial charge in [0.05, 0.1) is 12.0 Å². The first-order valence-electron chi connectivity index (χ1n) is 4.86. The number of rotatable bonds is 5. The largest absolute Gasteiger partial charge is 0.311 e. The van der Waals surface area contributed by atoms with Crippen LogP contribution in [0.3, 0.4) is 0 Å². The van der Waals surface area contributed by atoms with Crippen LogP contribution in [0.5, 0.6) is 0 Å². The second kappa shape index (κ2) is 6.11. The van der Waals surface area contributed by atoms with E-state index >= 15 is 0 Å². The number of pyridine rings is 1. The molecule has 1 rings (SSSR count). The van der Waals surface area contributed by atoms with E-state index in [1.165, 1.54) is 5.56 Å². The van der Waals surface area contributed by atoms with Gasteiger partial charge in [-0.2, -0.15) is 5.26 Å². The van der Waals surface area contributed by atoms with Gasteiger partial charge in [0.1, 0.15) is 0 Å². The second-order valence-electron chi connectivity index (χ2n) is 3.22. The predicted octanol–water partition coefficient (Wildman–Crippen LogP) is 1.72. The number of nitriles is 1. The molecule has 0 aliphatic heterocycles. The zero-order valence-corrected chi connectivity index (χ0v) is 8.40. The van der Waals surface area contributed by atoms with Gasteiger partial charge in [0.15, 0.2) is 0 Å². The van der Waals surface area contributed by atoms with Crippen LogP contribution in [-0.2, 0) is 6.54 Å². The maximum atomic E-state index is 8.72. The van der Waals surface area contributed by atoms with Crippen LogP contribution in [0, 0.1) is 17.2 Å². The molecule has 1 atom stereocenters. The summed E-state index contributed by atoms with van der Waals surface area (Å²) in [4.78, 5) is 3.94. The Labute approximate surface area is 84.8 Å². The monoisotopic (exact) mass is 189 g/mol. The third-order valence-electron chi connectivity index (χ3n) is 2.14. The molecule has 0 spiro atoms. The number of hydrogen-bond acceptors (Lipinski definition) is 3. The van der Waals surface area contributed by atoms with Crippen molar-refractivity contribution in [2.45, 2.75) is 19.9 Å². The SMILES string of the molecule is CCC(C#N)CNCc1ccncc1. The predicted molar refractivity (Wildman–Crippen MR) is 55.3 cm³/mol. The Morgan fingerprint density at radius 1 is 1.50 bits per heavy atom. The van der Waals surface area contributed by atoms with Crippen molar-refractivity contribution in [3.8, 4) is 6.07 Å². The van der Waals surface area contributed by atoms with Gasteiger partial charge in [-0.1, -0.05) is 6.92 Å². The average Bonchev–Trinajstić information content (AvgIpc) is 2.26. The summed E-state index contributed by atoms with van der Waals surface area (Å²) in [7, 11) is 0. The van der Waals surface area contributed by atoms with E-state index in [9.17, 15) is 0 Å². The fourth-order valence-corrected chi connectivity index (χ4v) is 1.17. The highest BCUT2D eigenvalue weighted by atomic mass is 14.9. The topological polar surface area (TPSA) is 48.7 Å². The van der Waals surface area contributed by atoms with Gasteiger partial charge in [-0.3, -0.25) is 4.98 Å². The first kappa shape index (κ1) is 10.7. The molecule has 3 nitrogen and oxygen atoms in total. The molecule has 0 aromatic carbocycles. The molecule has 0 saturated heterocycles. The number of nitrogens with one attached hydrogen (secondary N) is 1. The highest BCUT2D eigenvalue weighted by molar-refractivity contribution is 5.09. The molecule has 0 fully saturated rings. The third kappa shape index (κ3) is 3.55. The fraction of sp³-hybridized carbons (Fsp3) is 0.455. The van der Waals surface area contributed by atoms with E-state index in [1.54, 1.807) is 12.4 Å². The number of nitrogens with zero attached hydrogens (tertiary/aromatic N) is 2. The standard InChI is InChI=1S/C11H15N3/c1-2-10(7-12)8-14-9-11-3-5-13-6-4-11/h3-6,10,14H,2,8-9H2,1H3. The number of hydrogen-bond donors (Lipinski definition) is 1. The van der Waals surface area contributed by atoms with Crippen molar-refractivity contribution in [2.75, 3.05) is 6.54 Å². The van der Waals surface area contributed by atoms with Crippen molar-refractivity contribution >= 4 is 0 Å². The van der Waals surface area contributed by atoms with Crippen LogP contribution in [0.2, 0.25) is 0 Å². The molecule has 14 heavy (non-hydrogen) atoms. The van der Waals surface area contributed by atoms with Crippen molar-refractivity contribution < 1.29 is 0 Å². The summed E-state index contributed by atoms with van der Waals surface area (Å²) in [5.74, 6) is 0.122. The second-order valence-corrected chi connectivity index (χ2v) is 3.22. The van der Waals surface area contributed by atoms with Gasteiger partial charge in [0, 0.05) is 25.5 Å². The van der Waals surface area contributed by atoms with Crippen LogP contribution < -0.4 is 5.32 Å². The van der Waals surface area contributed by atoms with Crippen molar-refractivity contribution in [2.24, 2.45) is 5.92 Å². The lowest BCUT2D eigenvalue weighted by Crippen LogP contribution is -2.21. The zero-order chi connectivity index (χ0) is 10.2. The summed E-state index contributed by atoms with van der Waals surface area (Å²) in [5, 5.41) is 12.0. The fourth-order valence-electron chi connectivity index (χ4n) is 1.17. The summed E-state index contributed by atoms with van der Waals surface area (Å²) in [5.41, 5.74) is 1.20. The van der Waals surface area contributed by atoms with Crippen LogP contribution in [0.4, 0.5) is 0 Å². The van der Waals surface area contributed by atoms with E-state index in [-0.39, 0.29) is 5.92 Å². The van der Waals surface area contributed by atoms with Gasteiger partial charge < -0.3 is 5.32 Å². The minimum absolute atomic E-state index is 0.122. The van der Waals surface area contributed by atoms with Crippen LogP contribution in [0.25, 0.3) is 0 Å². The molecule has 1 heterocycles. The summed E-state index contributed by atoms with van der Waals surface area (Å²) in [6, 6.07) is 6.21. The molecule has 0 saturated carbocycles. The van der Waals surface area contributed by atoms with Crippen molar-refractivity contribution in [1.82, 2.24) is 10.3 Å². The van der Waals surface area contributed by atoms with E-state index in [4.69, 9.17) is 5.26 Å². The lowest BCUT2D eigenvalue weighted by atomic mass is 10.1. The van der Waals surface area contributed by atoms with Crippen molar-refractivity contribution in [3.05, 3.63) is 30.1 Å². The molecular formula is C11H15N3. The Balaban J connectivity index is 2.26. The molecule has 0 amide bonds. The molecule has 1 N–H and O–H groups in total. The molecule has 0 aliphatic carbocycles. The van der Waals surface area contributed by atoms with Crippen LogP contribution in [0.1, 0.15) is 18.9 Å².